The lowest BCUT2D eigenvalue weighted by Crippen LogP contribution is -2.63. The van der Waals surface area contributed by atoms with Crippen LogP contribution in [0.15, 0.2) is 0 Å². The molecule has 1 aliphatic rings. The van der Waals surface area contributed by atoms with Crippen LogP contribution in [0.25, 0.3) is 0 Å². The van der Waals surface area contributed by atoms with Crippen LogP contribution in [-0.4, -0.2) is 64.4 Å². The number of amides is 1. The van der Waals surface area contributed by atoms with Crippen molar-refractivity contribution in [3.8, 4) is 0 Å². The second kappa shape index (κ2) is 13.0. The Labute approximate surface area is 240 Å². The van der Waals surface area contributed by atoms with E-state index in [-0.39, 0.29) is 28.7 Å². The van der Waals surface area contributed by atoms with E-state index in [9.17, 15) is 14.4 Å². The number of likely N-dealkylation sites (tertiary alicyclic amines) is 1. The molecule has 1 heterocycles. The summed E-state index contributed by atoms with van der Waals surface area (Å²) in [7, 11) is 0. The van der Waals surface area contributed by atoms with Crippen LogP contribution in [0, 0.1) is 10.8 Å². The molecule has 0 bridgehead atoms. The summed E-state index contributed by atoms with van der Waals surface area (Å²) in [5, 5.41) is 7.12. The van der Waals surface area contributed by atoms with Gasteiger partial charge in [0, 0.05) is 35.0 Å². The van der Waals surface area contributed by atoms with Crippen LogP contribution >= 0.6 is 0 Å². The average molecular weight is 552 g/mol. The molecule has 1 saturated heterocycles. The van der Waals surface area contributed by atoms with Crippen molar-refractivity contribution >= 4 is 17.7 Å². The Morgan fingerprint density at radius 1 is 0.744 bits per heavy atom. The zero-order valence-electron chi connectivity index (χ0n) is 27.7. The van der Waals surface area contributed by atoms with E-state index in [0.29, 0.717) is 26.1 Å². The molecule has 0 saturated carbocycles. The van der Waals surface area contributed by atoms with Gasteiger partial charge in [0.1, 0.15) is 0 Å². The first-order valence-corrected chi connectivity index (χ1v) is 15.0. The summed E-state index contributed by atoms with van der Waals surface area (Å²) in [6.07, 6.45) is 5.90. The number of rotatable bonds is 12. The van der Waals surface area contributed by atoms with E-state index in [1.54, 1.807) is 4.90 Å². The molecule has 0 aromatic carbocycles. The van der Waals surface area contributed by atoms with E-state index in [2.05, 4.69) is 52.2 Å². The van der Waals surface area contributed by atoms with Crippen molar-refractivity contribution in [2.45, 2.75) is 157 Å². The molecule has 7 nitrogen and oxygen atoms in total. The van der Waals surface area contributed by atoms with Gasteiger partial charge in [-0.15, -0.1) is 0 Å². The molecule has 1 fully saturated rings. The molecule has 1 amide bonds. The molecule has 1 aliphatic heterocycles. The van der Waals surface area contributed by atoms with Gasteiger partial charge < -0.3 is 15.0 Å². The van der Waals surface area contributed by atoms with Gasteiger partial charge in [0.2, 0.25) is 0 Å². The number of nitrogens with one attached hydrogen (secondary N) is 2. The maximum absolute atomic E-state index is 13.4. The van der Waals surface area contributed by atoms with Crippen LogP contribution in [0.1, 0.15) is 135 Å². The molecule has 0 spiro atoms. The van der Waals surface area contributed by atoms with Crippen molar-refractivity contribution in [3.05, 3.63) is 0 Å². The predicted molar refractivity (Wildman–Crippen MR) is 161 cm³/mol. The summed E-state index contributed by atoms with van der Waals surface area (Å²) in [5.74, 6) is 0.392. The van der Waals surface area contributed by atoms with Gasteiger partial charge in [-0.25, -0.2) is 4.79 Å². The van der Waals surface area contributed by atoms with Gasteiger partial charge in [-0.1, -0.05) is 67.2 Å². The summed E-state index contributed by atoms with van der Waals surface area (Å²) in [4.78, 5) is 41.1. The fourth-order valence-electron chi connectivity index (χ4n) is 6.00. The number of Topliss-reactive ketones (excluding diaryl/α,β-unsaturated/α-hetero) is 2. The van der Waals surface area contributed by atoms with Gasteiger partial charge in [-0.2, -0.15) is 0 Å². The molecule has 0 aliphatic carbocycles. The molecular weight excluding hydrogens is 490 g/mol. The van der Waals surface area contributed by atoms with E-state index < -0.39 is 21.9 Å². The largest absolute Gasteiger partial charge is 0.449 e. The Morgan fingerprint density at radius 2 is 1.28 bits per heavy atom. The fraction of sp³-hybridized carbons (Fsp3) is 0.906. The monoisotopic (exact) mass is 551 g/mol. The third kappa shape index (κ3) is 11.5. The van der Waals surface area contributed by atoms with E-state index in [1.165, 1.54) is 0 Å². The lowest BCUT2D eigenvalue weighted by Gasteiger charge is -2.40. The number of ether oxygens (including phenoxy) is 1. The second-order valence-electron chi connectivity index (χ2n) is 16.1. The quantitative estimate of drug-likeness (QED) is 0.263. The van der Waals surface area contributed by atoms with Crippen molar-refractivity contribution in [3.63, 3.8) is 0 Å². The van der Waals surface area contributed by atoms with Gasteiger partial charge in [0.25, 0.3) is 0 Å². The van der Waals surface area contributed by atoms with Gasteiger partial charge in [-0.05, 0) is 67.7 Å². The minimum absolute atomic E-state index is 0.137. The lowest BCUT2D eigenvalue weighted by atomic mass is 9.75. The first kappa shape index (κ1) is 35.6. The molecule has 7 heteroatoms. The summed E-state index contributed by atoms with van der Waals surface area (Å²) in [6.45, 7) is 27.5. The van der Waals surface area contributed by atoms with E-state index >= 15 is 0 Å². The van der Waals surface area contributed by atoms with Gasteiger partial charge in [-0.3, -0.25) is 14.9 Å². The Balaban J connectivity index is 2.51. The van der Waals surface area contributed by atoms with E-state index in [1.807, 2.05) is 48.5 Å². The zero-order chi connectivity index (χ0) is 30.5. The summed E-state index contributed by atoms with van der Waals surface area (Å²) < 4.78 is 5.59. The molecule has 2 atom stereocenters. The molecule has 0 aromatic rings. The maximum atomic E-state index is 13.4. The molecular formula is C32H61N3O4. The summed E-state index contributed by atoms with van der Waals surface area (Å²) in [6, 6.07) is 0. The lowest BCUT2D eigenvalue weighted by molar-refractivity contribution is -0.134. The molecule has 0 aromatic heterocycles. The minimum Gasteiger partial charge on any atom is -0.449 e. The number of carbonyl (C=O) groups excluding carboxylic acids is 3. The van der Waals surface area contributed by atoms with Crippen molar-refractivity contribution in [2.75, 3.05) is 19.7 Å². The summed E-state index contributed by atoms with van der Waals surface area (Å²) in [5.41, 5.74) is -2.58. The van der Waals surface area contributed by atoms with Crippen LogP contribution < -0.4 is 10.6 Å². The number of unbranched alkanes of at least 4 members (excludes halogenated alkanes) is 4. The van der Waals surface area contributed by atoms with Crippen molar-refractivity contribution in [1.82, 2.24) is 15.5 Å². The number of nitrogens with zero attached hydrogens (tertiary/aromatic N) is 1. The van der Waals surface area contributed by atoms with Crippen LogP contribution in [-0.2, 0) is 14.3 Å². The normalized spacial score (nSPS) is 20.6. The third-order valence-electron chi connectivity index (χ3n) is 7.14. The van der Waals surface area contributed by atoms with Gasteiger partial charge in [0.15, 0.2) is 11.6 Å². The average Bonchev–Trinajstić information content (AvgIpc) is 3.15. The van der Waals surface area contributed by atoms with Crippen LogP contribution in [0.2, 0.25) is 0 Å². The van der Waals surface area contributed by atoms with Gasteiger partial charge in [0.05, 0.1) is 17.7 Å². The highest BCUT2D eigenvalue weighted by molar-refractivity contribution is 5.94. The van der Waals surface area contributed by atoms with E-state index in [0.717, 1.165) is 38.5 Å². The third-order valence-corrected chi connectivity index (χ3v) is 7.14. The minimum atomic E-state index is -0.750. The molecule has 228 valence electrons. The second-order valence-corrected chi connectivity index (χ2v) is 16.1. The Kier molecular flexibility index (Phi) is 11.9. The molecule has 0 unspecified atom stereocenters. The number of hydrogen-bond donors (Lipinski definition) is 2. The fourth-order valence-corrected chi connectivity index (χ4v) is 6.00. The van der Waals surface area contributed by atoms with Crippen LogP contribution in [0.5, 0.6) is 0 Å². The smallest absolute Gasteiger partial charge is 0.409 e. The Hall–Kier alpha value is -1.47. The maximum Gasteiger partial charge on any atom is 0.409 e. The number of ketones is 2. The first-order chi connectivity index (χ1) is 17.4. The van der Waals surface area contributed by atoms with Crippen LogP contribution in [0.4, 0.5) is 4.79 Å². The number of carbonyl (C=O) groups is 3. The SMILES string of the molecule is CC(C)(C)N[C@@]1(C(=O)C(C)(C)C)CCN(C(=O)OCCCCCCC[C@@](C)(NC(C)(C)C)C(=O)C(C)(C)C)C1. The Bertz CT molecular complexity index is 841. The molecule has 39 heavy (non-hydrogen) atoms. The highest BCUT2D eigenvalue weighted by atomic mass is 16.6. The van der Waals surface area contributed by atoms with Crippen molar-refractivity contribution < 1.29 is 19.1 Å². The highest BCUT2D eigenvalue weighted by Crippen LogP contribution is 2.33. The molecule has 1 rings (SSSR count). The predicted octanol–water partition coefficient (Wildman–Crippen LogP) is 6.67. The topological polar surface area (TPSA) is 87.7 Å². The highest BCUT2D eigenvalue weighted by Gasteiger charge is 2.51. The van der Waals surface area contributed by atoms with Crippen LogP contribution in [0.3, 0.4) is 0 Å². The van der Waals surface area contributed by atoms with Gasteiger partial charge >= 0.3 is 6.09 Å². The van der Waals surface area contributed by atoms with Crippen molar-refractivity contribution in [1.29, 1.82) is 0 Å². The van der Waals surface area contributed by atoms with E-state index in [4.69, 9.17) is 4.74 Å². The standard InChI is InChI=1S/C32H61N3O4/c1-27(2,3)24(36)31(13,33-29(7,8)9)19-17-15-14-16-18-22-39-26(38)35-21-20-32(23-35,34-30(10,11)12)25(37)28(4,5)6/h33-34H,14-23H2,1-13H3/t31-,32+/m1/s1. The molecule has 0 radical (unpaired) electrons. The Morgan fingerprint density at radius 3 is 1.77 bits per heavy atom. The zero-order valence-corrected chi connectivity index (χ0v) is 27.7. The van der Waals surface area contributed by atoms with Crippen molar-refractivity contribution in [2.24, 2.45) is 10.8 Å². The first-order valence-electron chi connectivity index (χ1n) is 15.0. The molecule has 2 N–H and O–H groups in total. The summed E-state index contributed by atoms with van der Waals surface area (Å²) >= 11 is 0. The number of hydrogen-bond acceptors (Lipinski definition) is 6.